The molecule has 27 heavy (non-hydrogen) atoms. The first-order valence-electron chi connectivity index (χ1n) is 8.11. The third kappa shape index (κ3) is 3.21. The second-order valence-corrected chi connectivity index (χ2v) is 5.49. The van der Waals surface area contributed by atoms with E-state index in [-0.39, 0.29) is 0 Å². The molecule has 0 amide bonds. The maximum Gasteiger partial charge on any atom is 0.207 e. The van der Waals surface area contributed by atoms with Gasteiger partial charge in [0, 0.05) is 5.56 Å². The number of hydrogen-bond acceptors (Lipinski definition) is 7. The van der Waals surface area contributed by atoms with Gasteiger partial charge >= 0.3 is 0 Å². The Balaban J connectivity index is 2.21. The van der Waals surface area contributed by atoms with Gasteiger partial charge in [-0.05, 0) is 30.3 Å². The van der Waals surface area contributed by atoms with Gasteiger partial charge in [-0.25, -0.2) is 0 Å². The molecule has 3 rings (SSSR count). The minimum atomic E-state index is 0.421. The number of aromatic nitrogens is 3. The average Bonchev–Trinajstić information content (AvgIpc) is 3.21. The van der Waals surface area contributed by atoms with Crippen LogP contribution in [0.15, 0.2) is 30.3 Å². The Bertz CT molecular complexity index is 922. The predicted octanol–water partition coefficient (Wildman–Crippen LogP) is 3.18. The third-order valence-corrected chi connectivity index (χ3v) is 4.17. The van der Waals surface area contributed by atoms with Crippen LogP contribution in [0.2, 0.25) is 0 Å². The van der Waals surface area contributed by atoms with Gasteiger partial charge in [0.1, 0.15) is 11.4 Å². The Morgan fingerprint density at radius 1 is 0.741 bits per heavy atom. The van der Waals surface area contributed by atoms with E-state index in [0.29, 0.717) is 39.9 Å². The molecule has 0 aliphatic carbocycles. The smallest absolute Gasteiger partial charge is 0.207 e. The summed E-state index contributed by atoms with van der Waals surface area (Å²) in [5, 5.41) is 11.1. The van der Waals surface area contributed by atoms with E-state index in [1.165, 1.54) is 0 Å². The number of rotatable bonds is 7. The molecule has 3 aromatic rings. The van der Waals surface area contributed by atoms with Gasteiger partial charge in [-0.2, -0.15) is 0 Å². The molecule has 0 bridgehead atoms. The number of methoxy groups -OCH3 is 5. The van der Waals surface area contributed by atoms with Crippen molar-refractivity contribution in [3.63, 3.8) is 0 Å². The van der Waals surface area contributed by atoms with Crippen molar-refractivity contribution in [2.45, 2.75) is 0 Å². The van der Waals surface area contributed by atoms with Crippen LogP contribution in [0.5, 0.6) is 28.7 Å². The maximum absolute atomic E-state index is 5.60. The lowest BCUT2D eigenvalue weighted by molar-refractivity contribution is 0.306. The minimum Gasteiger partial charge on any atom is -0.497 e. The molecule has 0 fully saturated rings. The van der Waals surface area contributed by atoms with Crippen LogP contribution in [0, 0.1) is 0 Å². The van der Waals surface area contributed by atoms with E-state index in [1.807, 2.05) is 24.3 Å². The molecule has 0 aliphatic heterocycles. The molecule has 8 nitrogen and oxygen atoms in total. The van der Waals surface area contributed by atoms with Crippen LogP contribution >= 0.6 is 0 Å². The molecule has 0 unspecified atom stereocenters. The zero-order chi connectivity index (χ0) is 19.4. The summed E-state index contributed by atoms with van der Waals surface area (Å²) in [5.41, 5.74) is 2.87. The van der Waals surface area contributed by atoms with Gasteiger partial charge in [0.2, 0.25) is 11.5 Å². The highest BCUT2D eigenvalue weighted by Gasteiger charge is 2.25. The molecule has 0 aliphatic rings. The quantitative estimate of drug-likeness (QED) is 0.682. The highest BCUT2D eigenvalue weighted by atomic mass is 16.5. The second kappa shape index (κ2) is 7.86. The summed E-state index contributed by atoms with van der Waals surface area (Å²) >= 11 is 0. The summed E-state index contributed by atoms with van der Waals surface area (Å²) < 4.78 is 27.2. The molecular weight excluding hydrogens is 350 g/mol. The number of nitrogens with one attached hydrogen (secondary N) is 1. The van der Waals surface area contributed by atoms with Gasteiger partial charge in [0.05, 0.1) is 46.8 Å². The summed E-state index contributed by atoms with van der Waals surface area (Å²) in [6, 6.07) is 9.33. The normalized spacial score (nSPS) is 10.4. The van der Waals surface area contributed by atoms with Crippen LogP contribution in [-0.2, 0) is 0 Å². The van der Waals surface area contributed by atoms with Gasteiger partial charge < -0.3 is 23.7 Å². The summed E-state index contributed by atoms with van der Waals surface area (Å²) in [4.78, 5) is 0. The van der Waals surface area contributed by atoms with E-state index in [9.17, 15) is 0 Å². The standard InChI is InChI=1S/C19H21N3O5/c1-23-12-8-6-11(7-9-12)15-16(21-22-20-15)13-10-14(24-2)18(26-4)19(27-5)17(13)25-3/h6-10H,1-5H3,(H,20,21,22). The maximum atomic E-state index is 5.60. The second-order valence-electron chi connectivity index (χ2n) is 5.49. The van der Waals surface area contributed by atoms with E-state index >= 15 is 0 Å². The number of ether oxygens (including phenoxy) is 5. The van der Waals surface area contributed by atoms with E-state index in [0.717, 1.165) is 11.3 Å². The lowest BCUT2D eigenvalue weighted by Gasteiger charge is -2.18. The summed E-state index contributed by atoms with van der Waals surface area (Å²) in [6.45, 7) is 0. The third-order valence-electron chi connectivity index (χ3n) is 4.17. The van der Waals surface area contributed by atoms with E-state index in [4.69, 9.17) is 23.7 Å². The van der Waals surface area contributed by atoms with Gasteiger partial charge in [-0.1, -0.05) is 5.21 Å². The fourth-order valence-electron chi connectivity index (χ4n) is 2.88. The van der Waals surface area contributed by atoms with Crippen molar-refractivity contribution >= 4 is 0 Å². The van der Waals surface area contributed by atoms with E-state index < -0.39 is 0 Å². The Hall–Kier alpha value is -3.42. The summed E-state index contributed by atoms with van der Waals surface area (Å²) in [7, 11) is 7.82. The lowest BCUT2D eigenvalue weighted by Crippen LogP contribution is -2.00. The molecule has 1 N–H and O–H groups in total. The van der Waals surface area contributed by atoms with E-state index in [1.54, 1.807) is 41.6 Å². The van der Waals surface area contributed by atoms with Crippen LogP contribution in [0.1, 0.15) is 0 Å². The van der Waals surface area contributed by atoms with Crippen molar-refractivity contribution in [2.24, 2.45) is 0 Å². The minimum absolute atomic E-state index is 0.421. The molecule has 0 radical (unpaired) electrons. The lowest BCUT2D eigenvalue weighted by atomic mass is 10.0. The van der Waals surface area contributed by atoms with Crippen molar-refractivity contribution in [3.05, 3.63) is 30.3 Å². The van der Waals surface area contributed by atoms with Crippen LogP contribution in [0.3, 0.4) is 0 Å². The first-order chi connectivity index (χ1) is 13.2. The number of benzene rings is 2. The van der Waals surface area contributed by atoms with Crippen molar-refractivity contribution in [1.29, 1.82) is 0 Å². The Morgan fingerprint density at radius 2 is 1.41 bits per heavy atom. The van der Waals surface area contributed by atoms with E-state index in [2.05, 4.69) is 15.4 Å². The van der Waals surface area contributed by atoms with Gasteiger partial charge in [-0.15, -0.1) is 5.10 Å². The Morgan fingerprint density at radius 3 is 1.96 bits per heavy atom. The largest absolute Gasteiger partial charge is 0.497 e. The van der Waals surface area contributed by atoms with Crippen LogP contribution in [0.4, 0.5) is 0 Å². The number of aromatic amines is 1. The van der Waals surface area contributed by atoms with Crippen molar-refractivity contribution < 1.29 is 23.7 Å². The Labute approximate surface area is 157 Å². The van der Waals surface area contributed by atoms with Gasteiger partial charge in [0.25, 0.3) is 0 Å². The fourth-order valence-corrected chi connectivity index (χ4v) is 2.88. The SMILES string of the molecule is COc1ccc(-c2nn[nH]c2-c2cc(OC)c(OC)c(OC)c2OC)cc1. The van der Waals surface area contributed by atoms with Gasteiger partial charge in [-0.3, -0.25) is 5.10 Å². The number of nitrogens with zero attached hydrogens (tertiary/aromatic N) is 2. The van der Waals surface area contributed by atoms with Crippen LogP contribution in [0.25, 0.3) is 22.5 Å². The first kappa shape index (κ1) is 18.4. The number of H-pyrrole nitrogens is 1. The topological polar surface area (TPSA) is 87.7 Å². The number of hydrogen-bond donors (Lipinski definition) is 1. The highest BCUT2D eigenvalue weighted by molar-refractivity contribution is 5.85. The molecule has 0 atom stereocenters. The van der Waals surface area contributed by atoms with Crippen molar-refractivity contribution in [2.75, 3.05) is 35.5 Å². The molecular formula is C19H21N3O5. The average molecular weight is 371 g/mol. The predicted molar refractivity (Wildman–Crippen MR) is 100 cm³/mol. The zero-order valence-corrected chi connectivity index (χ0v) is 15.8. The summed E-state index contributed by atoms with van der Waals surface area (Å²) in [5.74, 6) is 2.61. The zero-order valence-electron chi connectivity index (χ0n) is 15.8. The fraction of sp³-hybridized carbons (Fsp3) is 0.263. The molecule has 1 heterocycles. The molecule has 8 heteroatoms. The molecule has 142 valence electrons. The van der Waals surface area contributed by atoms with Crippen LogP contribution < -0.4 is 23.7 Å². The molecule has 0 saturated carbocycles. The summed E-state index contributed by atoms with van der Waals surface area (Å²) in [6.07, 6.45) is 0. The molecule has 2 aromatic carbocycles. The van der Waals surface area contributed by atoms with Crippen LogP contribution in [-0.4, -0.2) is 51.0 Å². The van der Waals surface area contributed by atoms with Crippen molar-refractivity contribution in [1.82, 2.24) is 15.4 Å². The molecule has 1 aromatic heterocycles. The van der Waals surface area contributed by atoms with Crippen molar-refractivity contribution in [3.8, 4) is 51.3 Å². The van der Waals surface area contributed by atoms with Gasteiger partial charge in [0.15, 0.2) is 11.5 Å². The highest BCUT2D eigenvalue weighted by Crippen LogP contribution is 2.50. The molecule has 0 spiro atoms. The monoisotopic (exact) mass is 371 g/mol. The molecule has 0 saturated heterocycles. The first-order valence-corrected chi connectivity index (χ1v) is 8.11. The Kier molecular flexibility index (Phi) is 5.35.